The Hall–Kier alpha value is -1.41. The minimum atomic E-state index is -0.478. The first-order chi connectivity index (χ1) is 5.75. The summed E-state index contributed by atoms with van der Waals surface area (Å²) in [6, 6.07) is 9.09. The molecule has 0 aromatic heterocycles. The summed E-state index contributed by atoms with van der Waals surface area (Å²) in [7, 11) is 0. The van der Waals surface area contributed by atoms with Crippen molar-refractivity contribution in [1.82, 2.24) is 0 Å². The van der Waals surface area contributed by atoms with Crippen LogP contribution in [0.1, 0.15) is 5.56 Å². The lowest BCUT2D eigenvalue weighted by Crippen LogP contribution is -2.05. The number of hydrogen-bond acceptors (Lipinski definition) is 2. The first-order valence-corrected chi connectivity index (χ1v) is 3.64. The van der Waals surface area contributed by atoms with E-state index in [0.717, 1.165) is 5.56 Å². The molecule has 0 spiro atoms. The van der Waals surface area contributed by atoms with Crippen molar-refractivity contribution in [2.75, 3.05) is 6.61 Å². The van der Waals surface area contributed by atoms with E-state index in [4.69, 9.17) is 5.11 Å². The van der Waals surface area contributed by atoms with Crippen molar-refractivity contribution in [1.29, 1.82) is 0 Å². The molecule has 62 valence electrons. The molecule has 2 nitrogen and oxygen atoms in total. The molecule has 0 saturated heterocycles. The van der Waals surface area contributed by atoms with Crippen LogP contribution in [0.25, 0.3) is 5.57 Å². The first kappa shape index (κ1) is 8.68. The Kier molecular flexibility index (Phi) is 2.77. The molecule has 0 amide bonds. The van der Waals surface area contributed by atoms with Crippen molar-refractivity contribution >= 4 is 11.4 Å². The number of hydrogen-bond donors (Lipinski definition) is 1. The van der Waals surface area contributed by atoms with Gasteiger partial charge in [0.2, 0.25) is 0 Å². The van der Waals surface area contributed by atoms with Gasteiger partial charge in [0.25, 0.3) is 0 Å². The molecule has 0 unspecified atom stereocenters. The molecule has 0 atom stereocenters. The second-order valence-electron chi connectivity index (χ2n) is 2.43. The molecular weight excluding hydrogens is 152 g/mol. The number of rotatable bonds is 3. The third-order valence-corrected chi connectivity index (χ3v) is 1.60. The molecule has 1 aromatic rings. The summed E-state index contributed by atoms with van der Waals surface area (Å²) in [5.41, 5.74) is 1.12. The molecule has 12 heavy (non-hydrogen) atoms. The summed E-state index contributed by atoms with van der Waals surface area (Å²) in [5, 5.41) is 8.56. The van der Waals surface area contributed by atoms with E-state index in [2.05, 4.69) is 6.58 Å². The number of aliphatic hydroxyl groups excluding tert-OH is 1. The molecule has 2 heteroatoms. The summed E-state index contributed by atoms with van der Waals surface area (Å²) in [5.74, 6) is -0.332. The Bertz CT molecular complexity index is 288. The molecule has 0 bridgehead atoms. The maximum atomic E-state index is 11.0. The van der Waals surface area contributed by atoms with Crippen LogP contribution in [-0.2, 0) is 4.79 Å². The third-order valence-electron chi connectivity index (χ3n) is 1.60. The molecule has 0 aliphatic carbocycles. The fourth-order valence-corrected chi connectivity index (χ4v) is 0.896. The molecule has 0 heterocycles. The van der Waals surface area contributed by atoms with Crippen molar-refractivity contribution in [2.24, 2.45) is 0 Å². The van der Waals surface area contributed by atoms with Gasteiger partial charge >= 0.3 is 0 Å². The van der Waals surface area contributed by atoms with E-state index in [1.165, 1.54) is 0 Å². The van der Waals surface area contributed by atoms with Crippen molar-refractivity contribution in [3.05, 3.63) is 42.5 Å². The fraction of sp³-hybridized carbons (Fsp3) is 0.100. The van der Waals surface area contributed by atoms with Crippen LogP contribution < -0.4 is 0 Å². The highest BCUT2D eigenvalue weighted by atomic mass is 16.3. The number of carbonyl (C=O) groups excluding carboxylic acids is 1. The summed E-state index contributed by atoms with van der Waals surface area (Å²) >= 11 is 0. The van der Waals surface area contributed by atoms with Gasteiger partial charge in [-0.1, -0.05) is 36.9 Å². The van der Waals surface area contributed by atoms with Crippen LogP contribution >= 0.6 is 0 Å². The smallest absolute Gasteiger partial charge is 0.188 e. The molecule has 1 aromatic carbocycles. The minimum Gasteiger partial charge on any atom is -0.388 e. The highest BCUT2D eigenvalue weighted by molar-refractivity contribution is 6.20. The highest BCUT2D eigenvalue weighted by Gasteiger charge is 2.06. The zero-order valence-corrected chi connectivity index (χ0v) is 6.66. The summed E-state index contributed by atoms with van der Waals surface area (Å²) < 4.78 is 0. The lowest BCUT2D eigenvalue weighted by Gasteiger charge is -2.00. The van der Waals surface area contributed by atoms with Crippen LogP contribution in [-0.4, -0.2) is 17.5 Å². The largest absolute Gasteiger partial charge is 0.388 e. The van der Waals surface area contributed by atoms with Crippen molar-refractivity contribution < 1.29 is 9.90 Å². The Labute approximate surface area is 71.2 Å². The molecular formula is C10H10O2. The number of carbonyl (C=O) groups is 1. The Morgan fingerprint density at radius 3 is 2.42 bits per heavy atom. The Balaban J connectivity index is 2.86. The monoisotopic (exact) mass is 162 g/mol. The maximum Gasteiger partial charge on any atom is 0.188 e. The average molecular weight is 162 g/mol. The van der Waals surface area contributed by atoms with Crippen molar-refractivity contribution in [3.63, 3.8) is 0 Å². The van der Waals surface area contributed by atoms with Gasteiger partial charge in [-0.3, -0.25) is 4.79 Å². The molecule has 1 N–H and O–H groups in total. The molecule has 0 aliphatic rings. The predicted molar refractivity (Wildman–Crippen MR) is 47.6 cm³/mol. The standard InChI is InChI=1S/C10H10O2/c1-8(10(12)7-11)9-5-3-2-4-6-9/h2-6,11H,1,7H2. The van der Waals surface area contributed by atoms with Crippen molar-refractivity contribution in [3.8, 4) is 0 Å². The van der Waals surface area contributed by atoms with E-state index in [0.29, 0.717) is 5.57 Å². The fourth-order valence-electron chi connectivity index (χ4n) is 0.896. The van der Waals surface area contributed by atoms with Gasteiger partial charge in [0.05, 0.1) is 0 Å². The van der Waals surface area contributed by atoms with Crippen LogP contribution in [0.2, 0.25) is 0 Å². The predicted octanol–water partition coefficient (Wildman–Crippen LogP) is 1.26. The summed E-state index contributed by atoms with van der Waals surface area (Å²) in [6.45, 7) is 3.11. The number of aliphatic hydroxyl groups is 1. The quantitative estimate of drug-likeness (QED) is 0.679. The lowest BCUT2D eigenvalue weighted by molar-refractivity contribution is -0.116. The van der Waals surface area contributed by atoms with Gasteiger partial charge in [-0.05, 0) is 5.56 Å². The molecule has 0 saturated carbocycles. The number of ketones is 1. The van der Waals surface area contributed by atoms with E-state index < -0.39 is 6.61 Å². The maximum absolute atomic E-state index is 11.0. The Morgan fingerprint density at radius 1 is 1.33 bits per heavy atom. The van der Waals surface area contributed by atoms with Gasteiger partial charge in [-0.2, -0.15) is 0 Å². The van der Waals surface area contributed by atoms with Gasteiger partial charge in [0.1, 0.15) is 6.61 Å². The van der Waals surface area contributed by atoms with Gasteiger partial charge in [-0.25, -0.2) is 0 Å². The normalized spacial score (nSPS) is 9.42. The SMILES string of the molecule is C=C(C(=O)CO)c1ccccc1. The third kappa shape index (κ3) is 1.80. The van der Waals surface area contributed by atoms with Gasteiger partial charge in [-0.15, -0.1) is 0 Å². The summed E-state index contributed by atoms with van der Waals surface area (Å²) in [6.07, 6.45) is 0. The zero-order valence-electron chi connectivity index (χ0n) is 6.66. The second kappa shape index (κ2) is 3.83. The van der Waals surface area contributed by atoms with Crippen LogP contribution in [0, 0.1) is 0 Å². The molecule has 0 aliphatic heterocycles. The topological polar surface area (TPSA) is 37.3 Å². The van der Waals surface area contributed by atoms with Crippen LogP contribution in [0.15, 0.2) is 36.9 Å². The molecule has 1 rings (SSSR count). The Morgan fingerprint density at radius 2 is 1.92 bits per heavy atom. The molecule has 0 fully saturated rings. The minimum absolute atomic E-state index is 0.332. The van der Waals surface area contributed by atoms with Crippen molar-refractivity contribution in [2.45, 2.75) is 0 Å². The van der Waals surface area contributed by atoms with E-state index in [1.807, 2.05) is 18.2 Å². The zero-order chi connectivity index (χ0) is 8.97. The molecule has 0 radical (unpaired) electrons. The lowest BCUT2D eigenvalue weighted by atomic mass is 10.0. The van der Waals surface area contributed by atoms with Crippen LogP contribution in [0.5, 0.6) is 0 Å². The second-order valence-corrected chi connectivity index (χ2v) is 2.43. The van der Waals surface area contributed by atoms with Crippen LogP contribution in [0.3, 0.4) is 0 Å². The number of benzene rings is 1. The number of Topliss-reactive ketones (excluding diaryl/α,β-unsaturated/α-hetero) is 1. The van der Waals surface area contributed by atoms with Crippen LogP contribution in [0.4, 0.5) is 0 Å². The highest BCUT2D eigenvalue weighted by Crippen LogP contribution is 2.11. The van der Waals surface area contributed by atoms with Gasteiger partial charge in [0.15, 0.2) is 5.78 Å². The van der Waals surface area contributed by atoms with E-state index in [-0.39, 0.29) is 5.78 Å². The van der Waals surface area contributed by atoms with Gasteiger partial charge in [0, 0.05) is 5.57 Å². The van der Waals surface area contributed by atoms with E-state index >= 15 is 0 Å². The van der Waals surface area contributed by atoms with E-state index in [1.54, 1.807) is 12.1 Å². The van der Waals surface area contributed by atoms with Gasteiger partial charge < -0.3 is 5.11 Å². The van der Waals surface area contributed by atoms with E-state index in [9.17, 15) is 4.79 Å². The summed E-state index contributed by atoms with van der Waals surface area (Å²) in [4.78, 5) is 11.0. The first-order valence-electron chi connectivity index (χ1n) is 3.64. The average Bonchev–Trinajstić information content (AvgIpc) is 2.17.